The molecule has 0 spiro atoms. The number of aryl methyl sites for hydroxylation is 2. The maximum Gasteiger partial charge on any atom is 0.140 e. The van der Waals surface area contributed by atoms with Gasteiger partial charge < -0.3 is 14.6 Å². The minimum atomic E-state index is 0.614. The van der Waals surface area contributed by atoms with Crippen molar-refractivity contribution in [3.8, 4) is 16.9 Å². The van der Waals surface area contributed by atoms with Crippen molar-refractivity contribution in [1.29, 1.82) is 0 Å². The first kappa shape index (κ1) is 18.8. The molecule has 0 saturated heterocycles. The summed E-state index contributed by atoms with van der Waals surface area (Å²) in [5.41, 5.74) is 7.67. The van der Waals surface area contributed by atoms with Gasteiger partial charge in [0.15, 0.2) is 0 Å². The van der Waals surface area contributed by atoms with E-state index in [1.165, 1.54) is 5.56 Å². The summed E-state index contributed by atoms with van der Waals surface area (Å²) < 4.78 is 6.09. The maximum atomic E-state index is 6.09. The zero-order valence-electron chi connectivity index (χ0n) is 18.1. The minimum Gasteiger partial charge on any atom is -0.491 e. The molecule has 0 saturated carbocycles. The van der Waals surface area contributed by atoms with E-state index in [1.807, 2.05) is 6.92 Å². The van der Waals surface area contributed by atoms with Crippen LogP contribution in [0.4, 0.5) is 5.82 Å². The van der Waals surface area contributed by atoms with E-state index in [0.717, 1.165) is 69.1 Å². The zero-order chi connectivity index (χ0) is 21.7. The number of H-pyrrole nitrogens is 1. The molecule has 0 unspecified atom stereocenters. The lowest BCUT2D eigenvalue weighted by Crippen LogP contribution is -2.26. The Hall–Kier alpha value is -3.93. The van der Waals surface area contributed by atoms with Crippen molar-refractivity contribution in [3.05, 3.63) is 77.9 Å². The number of benzene rings is 3. The molecule has 6 nitrogen and oxygen atoms in total. The summed E-state index contributed by atoms with van der Waals surface area (Å²) in [5, 5.41) is 1.07. The van der Waals surface area contributed by atoms with Gasteiger partial charge in [-0.05, 0) is 66.9 Å². The molecular formula is C26H23N5O. The van der Waals surface area contributed by atoms with Crippen LogP contribution in [-0.4, -0.2) is 33.1 Å². The van der Waals surface area contributed by atoms with Crippen molar-refractivity contribution in [1.82, 2.24) is 19.9 Å². The molecule has 0 fully saturated rings. The molecule has 5 aromatic rings. The smallest absolute Gasteiger partial charge is 0.140 e. The molecule has 1 N–H and O–H groups in total. The average molecular weight is 422 g/mol. The fourth-order valence-corrected chi connectivity index (χ4v) is 4.48. The van der Waals surface area contributed by atoms with E-state index in [9.17, 15) is 0 Å². The predicted octanol–water partition coefficient (Wildman–Crippen LogP) is 5.19. The van der Waals surface area contributed by atoms with Crippen LogP contribution in [0.1, 0.15) is 17.0 Å². The van der Waals surface area contributed by atoms with E-state index in [2.05, 4.69) is 86.4 Å². The Morgan fingerprint density at radius 3 is 2.72 bits per heavy atom. The number of hydrogen-bond donors (Lipinski definition) is 1. The number of hydrogen-bond acceptors (Lipinski definition) is 5. The number of fused-ring (bicyclic) bond motifs is 3. The highest BCUT2D eigenvalue weighted by atomic mass is 16.5. The Morgan fingerprint density at radius 2 is 1.78 bits per heavy atom. The topological polar surface area (TPSA) is 66.9 Å². The second-order valence-electron chi connectivity index (χ2n) is 8.36. The number of rotatable bonds is 2. The van der Waals surface area contributed by atoms with E-state index in [1.54, 1.807) is 6.33 Å². The van der Waals surface area contributed by atoms with Crippen LogP contribution in [-0.2, 0) is 6.54 Å². The van der Waals surface area contributed by atoms with Crippen LogP contribution in [0.3, 0.4) is 0 Å². The fraction of sp³-hybridized carbons (Fsp3) is 0.192. The fourth-order valence-electron chi connectivity index (χ4n) is 4.48. The summed E-state index contributed by atoms with van der Waals surface area (Å²) in [6.45, 7) is 6.17. The molecule has 2 aromatic heterocycles. The van der Waals surface area contributed by atoms with Gasteiger partial charge in [-0.2, -0.15) is 0 Å². The van der Waals surface area contributed by atoms with E-state index in [4.69, 9.17) is 4.74 Å². The van der Waals surface area contributed by atoms with E-state index in [0.29, 0.717) is 6.61 Å². The van der Waals surface area contributed by atoms with E-state index in [-0.39, 0.29) is 0 Å². The van der Waals surface area contributed by atoms with Crippen molar-refractivity contribution >= 4 is 27.8 Å². The first-order valence-electron chi connectivity index (χ1n) is 10.8. The Kier molecular flexibility index (Phi) is 4.31. The highest BCUT2D eigenvalue weighted by Crippen LogP contribution is 2.33. The van der Waals surface area contributed by atoms with Crippen molar-refractivity contribution < 1.29 is 4.74 Å². The number of nitrogens with zero attached hydrogens (tertiary/aromatic N) is 4. The van der Waals surface area contributed by atoms with Crippen molar-refractivity contribution in [2.24, 2.45) is 0 Å². The second kappa shape index (κ2) is 7.34. The van der Waals surface area contributed by atoms with Gasteiger partial charge in [0.05, 0.1) is 23.1 Å². The molecule has 6 rings (SSSR count). The molecule has 0 radical (unpaired) electrons. The lowest BCUT2D eigenvalue weighted by atomic mass is 10.0. The Balaban J connectivity index is 1.39. The van der Waals surface area contributed by atoms with Gasteiger partial charge in [-0.25, -0.2) is 15.0 Å². The quantitative estimate of drug-likeness (QED) is 0.425. The predicted molar refractivity (Wildman–Crippen MR) is 127 cm³/mol. The molecule has 6 heteroatoms. The van der Waals surface area contributed by atoms with Gasteiger partial charge >= 0.3 is 0 Å². The average Bonchev–Trinajstić information content (AvgIpc) is 3.04. The van der Waals surface area contributed by atoms with Gasteiger partial charge in [0, 0.05) is 17.5 Å². The molecule has 1 aliphatic rings. The monoisotopic (exact) mass is 421 g/mol. The van der Waals surface area contributed by atoms with Crippen LogP contribution in [0.25, 0.3) is 33.1 Å². The van der Waals surface area contributed by atoms with Crippen LogP contribution < -0.4 is 9.64 Å². The van der Waals surface area contributed by atoms with Crippen LogP contribution in [0.15, 0.2) is 60.9 Å². The third-order valence-electron chi connectivity index (χ3n) is 6.04. The molecule has 3 heterocycles. The van der Waals surface area contributed by atoms with Gasteiger partial charge in [0.25, 0.3) is 0 Å². The Morgan fingerprint density at radius 1 is 0.906 bits per heavy atom. The Bertz CT molecular complexity index is 1470. The largest absolute Gasteiger partial charge is 0.491 e. The summed E-state index contributed by atoms with van der Waals surface area (Å²) in [4.78, 5) is 19.2. The molecule has 3 aromatic carbocycles. The van der Waals surface area contributed by atoms with Crippen LogP contribution >= 0.6 is 0 Å². The lowest BCUT2D eigenvalue weighted by molar-refractivity contribution is 0.331. The Labute approximate surface area is 185 Å². The molecule has 32 heavy (non-hydrogen) atoms. The molecule has 0 amide bonds. The van der Waals surface area contributed by atoms with Gasteiger partial charge in [-0.3, -0.25) is 0 Å². The minimum absolute atomic E-state index is 0.614. The first-order chi connectivity index (χ1) is 15.6. The highest BCUT2D eigenvalue weighted by molar-refractivity contribution is 5.90. The molecule has 158 valence electrons. The van der Waals surface area contributed by atoms with Gasteiger partial charge in [0.1, 0.15) is 30.3 Å². The summed E-state index contributed by atoms with van der Waals surface area (Å²) in [6, 6.07) is 19.1. The second-order valence-corrected chi connectivity index (χ2v) is 8.36. The van der Waals surface area contributed by atoms with Gasteiger partial charge in [0.2, 0.25) is 0 Å². The summed E-state index contributed by atoms with van der Waals surface area (Å²) in [6.07, 6.45) is 1.65. The molecule has 0 bridgehead atoms. The zero-order valence-corrected chi connectivity index (χ0v) is 18.1. The maximum absolute atomic E-state index is 6.09. The third kappa shape index (κ3) is 3.24. The van der Waals surface area contributed by atoms with E-state index < -0.39 is 0 Å². The van der Waals surface area contributed by atoms with Crippen LogP contribution in [0.2, 0.25) is 0 Å². The SMILES string of the molecule is Cc1ccc2c(N3CCOc4ccc(-c5ccc6nc(C)[nH]c6c5)cc4C3)ncnc2c1. The molecule has 0 atom stereocenters. The standard InChI is InChI=1S/C26H23N5O/c1-16-3-6-21-23(11-16)27-15-28-26(21)31-9-10-32-25-8-5-18(12-20(25)14-31)19-4-7-22-24(13-19)30-17(2)29-22/h3-8,11-13,15H,9-10,14H2,1-2H3,(H,29,30). The third-order valence-corrected chi connectivity index (χ3v) is 6.04. The van der Waals surface area contributed by atoms with Crippen LogP contribution in [0, 0.1) is 13.8 Å². The molecule has 0 aliphatic carbocycles. The summed E-state index contributed by atoms with van der Waals surface area (Å²) in [7, 11) is 0. The number of imidazole rings is 1. The van der Waals surface area contributed by atoms with Crippen molar-refractivity contribution in [3.63, 3.8) is 0 Å². The number of aromatic nitrogens is 4. The number of nitrogens with one attached hydrogen (secondary N) is 1. The summed E-state index contributed by atoms with van der Waals surface area (Å²) >= 11 is 0. The van der Waals surface area contributed by atoms with Gasteiger partial charge in [-0.1, -0.05) is 18.2 Å². The normalized spacial score (nSPS) is 13.8. The first-order valence-corrected chi connectivity index (χ1v) is 10.8. The number of aromatic amines is 1. The van der Waals surface area contributed by atoms with Crippen molar-refractivity contribution in [2.45, 2.75) is 20.4 Å². The molecule has 1 aliphatic heterocycles. The number of ether oxygens (including phenoxy) is 1. The highest BCUT2D eigenvalue weighted by Gasteiger charge is 2.19. The lowest BCUT2D eigenvalue weighted by Gasteiger charge is -2.22. The summed E-state index contributed by atoms with van der Waals surface area (Å²) in [5.74, 6) is 2.81. The molecular weight excluding hydrogens is 398 g/mol. The van der Waals surface area contributed by atoms with Crippen molar-refractivity contribution in [2.75, 3.05) is 18.1 Å². The number of anilines is 1. The van der Waals surface area contributed by atoms with Crippen LogP contribution in [0.5, 0.6) is 5.75 Å². The van der Waals surface area contributed by atoms with E-state index >= 15 is 0 Å². The van der Waals surface area contributed by atoms with Gasteiger partial charge in [-0.15, -0.1) is 0 Å².